The predicted octanol–water partition coefficient (Wildman–Crippen LogP) is 2.95. The van der Waals surface area contributed by atoms with Crippen LogP contribution in [0.1, 0.15) is 21.7 Å². The van der Waals surface area contributed by atoms with Gasteiger partial charge in [-0.05, 0) is 41.9 Å². The molecule has 0 aliphatic carbocycles. The van der Waals surface area contributed by atoms with Crippen LogP contribution in [0.4, 0.5) is 0 Å². The highest BCUT2D eigenvalue weighted by Gasteiger charge is 2.15. The molecular formula is C12H11BrN2O2. The number of aromatic nitrogens is 2. The lowest BCUT2D eigenvalue weighted by molar-refractivity contribution is 0.0696. The molecule has 0 aliphatic heterocycles. The fourth-order valence-electron chi connectivity index (χ4n) is 1.70. The van der Waals surface area contributed by atoms with E-state index in [4.69, 9.17) is 5.11 Å². The van der Waals surface area contributed by atoms with Crippen LogP contribution in [0.15, 0.2) is 28.7 Å². The van der Waals surface area contributed by atoms with Crippen LogP contribution in [0.25, 0.3) is 5.69 Å². The molecule has 1 N–H and O–H groups in total. The van der Waals surface area contributed by atoms with Crippen molar-refractivity contribution in [2.24, 2.45) is 0 Å². The second-order valence-corrected chi connectivity index (χ2v) is 4.51. The zero-order valence-corrected chi connectivity index (χ0v) is 11.0. The van der Waals surface area contributed by atoms with Crippen LogP contribution in [-0.2, 0) is 0 Å². The fraction of sp³-hybridized carbons (Fsp3) is 0.167. The smallest absolute Gasteiger partial charge is 0.337 e. The highest BCUT2D eigenvalue weighted by molar-refractivity contribution is 9.10. The van der Waals surface area contributed by atoms with Gasteiger partial charge in [0, 0.05) is 0 Å². The van der Waals surface area contributed by atoms with Crippen LogP contribution < -0.4 is 0 Å². The van der Waals surface area contributed by atoms with Crippen molar-refractivity contribution >= 4 is 21.9 Å². The fourth-order valence-corrected chi connectivity index (χ4v) is 1.94. The summed E-state index contributed by atoms with van der Waals surface area (Å²) in [5.74, 6) is -0.954. The minimum Gasteiger partial charge on any atom is -0.478 e. The first-order valence-electron chi connectivity index (χ1n) is 5.06. The van der Waals surface area contributed by atoms with Crippen molar-refractivity contribution in [3.63, 3.8) is 0 Å². The number of halogens is 1. The minimum absolute atomic E-state index is 0.241. The molecule has 0 spiro atoms. The standard InChI is InChI=1S/C12H11BrN2O2/c1-7-11(13)8(2)15(14-7)10-6-4-3-5-9(10)12(16)17/h3-6H,1-2H3,(H,16,17). The molecule has 17 heavy (non-hydrogen) atoms. The molecule has 2 aromatic rings. The van der Waals surface area contributed by atoms with Crippen molar-refractivity contribution < 1.29 is 9.90 Å². The van der Waals surface area contributed by atoms with E-state index >= 15 is 0 Å². The highest BCUT2D eigenvalue weighted by Crippen LogP contribution is 2.24. The summed E-state index contributed by atoms with van der Waals surface area (Å²) in [5.41, 5.74) is 2.54. The Morgan fingerprint density at radius 2 is 2.00 bits per heavy atom. The summed E-state index contributed by atoms with van der Waals surface area (Å²) < 4.78 is 2.54. The van der Waals surface area contributed by atoms with Crippen LogP contribution in [0.2, 0.25) is 0 Å². The number of aromatic carboxylic acids is 1. The van der Waals surface area contributed by atoms with Gasteiger partial charge in [0.15, 0.2) is 0 Å². The molecular weight excluding hydrogens is 284 g/mol. The average Bonchev–Trinajstić information content (AvgIpc) is 2.57. The Balaban J connectivity index is 2.68. The van der Waals surface area contributed by atoms with Gasteiger partial charge in [-0.15, -0.1) is 0 Å². The van der Waals surface area contributed by atoms with E-state index in [1.54, 1.807) is 28.9 Å². The van der Waals surface area contributed by atoms with E-state index < -0.39 is 5.97 Å². The molecule has 88 valence electrons. The first kappa shape index (κ1) is 11.9. The maximum Gasteiger partial charge on any atom is 0.337 e. The van der Waals surface area contributed by atoms with Gasteiger partial charge in [0.05, 0.1) is 27.1 Å². The lowest BCUT2D eigenvalue weighted by Crippen LogP contribution is -2.07. The summed E-state index contributed by atoms with van der Waals surface area (Å²) in [6.07, 6.45) is 0. The van der Waals surface area contributed by atoms with Gasteiger partial charge in [0.25, 0.3) is 0 Å². The summed E-state index contributed by atoms with van der Waals surface area (Å²) in [7, 11) is 0. The Hall–Kier alpha value is -1.62. The third kappa shape index (κ3) is 1.98. The number of carboxylic acids is 1. The predicted molar refractivity (Wildman–Crippen MR) is 67.7 cm³/mol. The van der Waals surface area contributed by atoms with E-state index in [2.05, 4.69) is 21.0 Å². The summed E-state index contributed by atoms with van der Waals surface area (Å²) in [6, 6.07) is 6.82. The van der Waals surface area contributed by atoms with Crippen LogP contribution >= 0.6 is 15.9 Å². The van der Waals surface area contributed by atoms with Gasteiger partial charge in [-0.2, -0.15) is 5.10 Å². The molecule has 1 aromatic heterocycles. The summed E-state index contributed by atoms with van der Waals surface area (Å²) >= 11 is 3.43. The number of para-hydroxylation sites is 1. The highest BCUT2D eigenvalue weighted by atomic mass is 79.9. The van der Waals surface area contributed by atoms with Crippen molar-refractivity contribution in [3.8, 4) is 5.69 Å². The topological polar surface area (TPSA) is 55.1 Å². The molecule has 0 atom stereocenters. The van der Waals surface area contributed by atoms with Gasteiger partial charge in [-0.1, -0.05) is 12.1 Å². The summed E-state index contributed by atoms with van der Waals surface area (Å²) in [5, 5.41) is 13.5. The molecule has 4 nitrogen and oxygen atoms in total. The Bertz CT molecular complexity index is 590. The third-order valence-electron chi connectivity index (χ3n) is 2.57. The zero-order valence-electron chi connectivity index (χ0n) is 9.44. The van der Waals surface area contributed by atoms with Crippen molar-refractivity contribution in [1.29, 1.82) is 0 Å². The molecule has 0 radical (unpaired) electrons. The van der Waals surface area contributed by atoms with Crippen LogP contribution in [-0.4, -0.2) is 20.9 Å². The van der Waals surface area contributed by atoms with Gasteiger partial charge in [0.2, 0.25) is 0 Å². The molecule has 0 unspecified atom stereocenters. The minimum atomic E-state index is -0.954. The van der Waals surface area contributed by atoms with Crippen LogP contribution in [0, 0.1) is 13.8 Å². The third-order valence-corrected chi connectivity index (χ3v) is 3.71. The number of rotatable bonds is 2. The van der Waals surface area contributed by atoms with Crippen LogP contribution in [0.5, 0.6) is 0 Å². The number of aryl methyl sites for hydroxylation is 1. The maximum absolute atomic E-state index is 11.1. The number of hydrogen-bond donors (Lipinski definition) is 1. The molecule has 0 amide bonds. The Morgan fingerprint density at radius 1 is 1.35 bits per heavy atom. The first-order valence-corrected chi connectivity index (χ1v) is 5.86. The Labute approximate surface area is 107 Å². The van der Waals surface area contributed by atoms with Gasteiger partial charge in [-0.3, -0.25) is 0 Å². The van der Waals surface area contributed by atoms with E-state index in [1.807, 2.05) is 13.8 Å². The number of nitrogens with zero attached hydrogens (tertiary/aromatic N) is 2. The molecule has 1 aromatic carbocycles. The van der Waals surface area contributed by atoms with Gasteiger partial charge >= 0.3 is 5.97 Å². The van der Waals surface area contributed by atoms with Crippen molar-refractivity contribution in [1.82, 2.24) is 9.78 Å². The maximum atomic E-state index is 11.1. The van der Waals surface area contributed by atoms with E-state index in [0.29, 0.717) is 5.69 Å². The van der Waals surface area contributed by atoms with Gasteiger partial charge < -0.3 is 5.11 Å². The van der Waals surface area contributed by atoms with Gasteiger partial charge in [-0.25, -0.2) is 9.48 Å². The average molecular weight is 295 g/mol. The first-order chi connectivity index (χ1) is 8.02. The normalized spacial score (nSPS) is 10.5. The largest absolute Gasteiger partial charge is 0.478 e. The van der Waals surface area contributed by atoms with E-state index in [-0.39, 0.29) is 5.56 Å². The second kappa shape index (κ2) is 4.33. The van der Waals surface area contributed by atoms with Gasteiger partial charge in [0.1, 0.15) is 0 Å². The van der Waals surface area contributed by atoms with Crippen molar-refractivity contribution in [2.75, 3.05) is 0 Å². The summed E-state index contributed by atoms with van der Waals surface area (Å²) in [4.78, 5) is 11.1. The molecule has 0 saturated carbocycles. The molecule has 0 saturated heterocycles. The number of carbonyl (C=O) groups is 1. The van der Waals surface area contributed by atoms with E-state index in [9.17, 15) is 4.79 Å². The lowest BCUT2D eigenvalue weighted by Gasteiger charge is -2.07. The van der Waals surface area contributed by atoms with E-state index in [1.165, 1.54) is 0 Å². The zero-order chi connectivity index (χ0) is 12.6. The molecule has 0 bridgehead atoms. The molecule has 0 fully saturated rings. The Kier molecular flexibility index (Phi) is 3.02. The monoisotopic (exact) mass is 294 g/mol. The number of hydrogen-bond acceptors (Lipinski definition) is 2. The van der Waals surface area contributed by atoms with Crippen LogP contribution in [0.3, 0.4) is 0 Å². The SMILES string of the molecule is Cc1nn(-c2ccccc2C(=O)O)c(C)c1Br. The Morgan fingerprint density at radius 3 is 2.53 bits per heavy atom. The number of benzene rings is 1. The molecule has 5 heteroatoms. The van der Waals surface area contributed by atoms with Crippen molar-refractivity contribution in [2.45, 2.75) is 13.8 Å². The second-order valence-electron chi connectivity index (χ2n) is 3.72. The molecule has 2 rings (SSSR count). The summed E-state index contributed by atoms with van der Waals surface area (Å²) in [6.45, 7) is 3.76. The number of carboxylic acid groups (broad SMARTS) is 1. The molecule has 0 aliphatic rings. The van der Waals surface area contributed by atoms with E-state index in [0.717, 1.165) is 15.9 Å². The lowest BCUT2D eigenvalue weighted by atomic mass is 10.2. The quantitative estimate of drug-likeness (QED) is 0.926. The van der Waals surface area contributed by atoms with Crippen molar-refractivity contribution in [3.05, 3.63) is 45.7 Å². The molecule has 1 heterocycles.